The summed E-state index contributed by atoms with van der Waals surface area (Å²) in [4.78, 5) is 14.4. The SMILES string of the molecule is c1ccc(-c2nc(-c3ccc4c(c3)c3ccccc3n4-c3ccccc3)cc(-c3ccccn3)n2)cc1. The summed E-state index contributed by atoms with van der Waals surface area (Å²) >= 11 is 0. The largest absolute Gasteiger partial charge is 0.309 e. The first kappa shape index (κ1) is 21.2. The summed E-state index contributed by atoms with van der Waals surface area (Å²) in [6, 6.07) is 43.7. The second kappa shape index (κ2) is 8.85. The van der Waals surface area contributed by atoms with E-state index in [-0.39, 0.29) is 0 Å². The number of aromatic nitrogens is 4. The van der Waals surface area contributed by atoms with Crippen molar-refractivity contribution >= 4 is 21.8 Å². The number of nitrogens with zero attached hydrogens (tertiary/aromatic N) is 4. The van der Waals surface area contributed by atoms with Crippen molar-refractivity contribution in [3.8, 4) is 39.7 Å². The van der Waals surface area contributed by atoms with E-state index in [4.69, 9.17) is 9.97 Å². The molecule has 0 radical (unpaired) electrons. The quantitative estimate of drug-likeness (QED) is 0.260. The maximum Gasteiger partial charge on any atom is 0.160 e. The number of benzene rings is 4. The van der Waals surface area contributed by atoms with Crippen LogP contribution in [0.4, 0.5) is 0 Å². The first-order valence-electron chi connectivity index (χ1n) is 12.3. The second-order valence-corrected chi connectivity index (χ2v) is 8.96. The monoisotopic (exact) mass is 474 g/mol. The van der Waals surface area contributed by atoms with Crippen molar-refractivity contribution in [2.75, 3.05) is 0 Å². The van der Waals surface area contributed by atoms with E-state index in [2.05, 4.69) is 76.3 Å². The molecule has 0 unspecified atom stereocenters. The van der Waals surface area contributed by atoms with Crippen molar-refractivity contribution < 1.29 is 0 Å². The van der Waals surface area contributed by atoms with Gasteiger partial charge in [-0.15, -0.1) is 0 Å². The highest BCUT2D eigenvalue weighted by Gasteiger charge is 2.15. The fourth-order valence-corrected chi connectivity index (χ4v) is 4.94. The zero-order valence-electron chi connectivity index (χ0n) is 20.0. The molecular formula is C33H22N4. The Kier molecular flexibility index (Phi) is 5.07. The van der Waals surface area contributed by atoms with Gasteiger partial charge < -0.3 is 4.57 Å². The fourth-order valence-electron chi connectivity index (χ4n) is 4.94. The molecule has 4 heteroatoms. The van der Waals surface area contributed by atoms with Crippen LogP contribution in [-0.2, 0) is 0 Å². The van der Waals surface area contributed by atoms with Crippen molar-refractivity contribution in [1.82, 2.24) is 19.5 Å². The van der Waals surface area contributed by atoms with Crippen LogP contribution < -0.4 is 0 Å². The molecule has 0 saturated heterocycles. The molecule has 0 spiro atoms. The van der Waals surface area contributed by atoms with Crippen molar-refractivity contribution in [1.29, 1.82) is 0 Å². The maximum atomic E-state index is 5.01. The molecule has 0 aliphatic rings. The minimum Gasteiger partial charge on any atom is -0.309 e. The Labute approximate surface area is 214 Å². The standard InChI is InChI=1S/C33H22N4/c1-3-11-23(12-4-1)33-35-29(22-30(36-33)28-16-9-10-20-34-28)24-18-19-32-27(21-24)26-15-7-8-17-31(26)37(32)25-13-5-2-6-14-25/h1-22H. The molecule has 7 aromatic rings. The molecule has 0 amide bonds. The average molecular weight is 475 g/mol. The number of rotatable bonds is 4. The van der Waals surface area contributed by atoms with Gasteiger partial charge in [0.05, 0.1) is 28.1 Å². The molecule has 7 rings (SSSR count). The second-order valence-electron chi connectivity index (χ2n) is 8.96. The summed E-state index contributed by atoms with van der Waals surface area (Å²) in [5.41, 5.74) is 8.01. The minimum absolute atomic E-state index is 0.686. The van der Waals surface area contributed by atoms with Gasteiger partial charge in [-0.1, -0.05) is 78.9 Å². The van der Waals surface area contributed by atoms with E-state index in [1.165, 1.54) is 21.8 Å². The molecule has 0 aliphatic heterocycles. The molecule has 0 atom stereocenters. The van der Waals surface area contributed by atoms with Crippen LogP contribution in [-0.4, -0.2) is 19.5 Å². The summed E-state index contributed by atoms with van der Waals surface area (Å²) in [6.45, 7) is 0. The first-order valence-corrected chi connectivity index (χ1v) is 12.3. The van der Waals surface area contributed by atoms with Crippen molar-refractivity contribution in [3.05, 3.63) is 134 Å². The van der Waals surface area contributed by atoms with Crippen molar-refractivity contribution in [2.24, 2.45) is 0 Å². The molecule has 4 aromatic carbocycles. The van der Waals surface area contributed by atoms with Crippen LogP contribution in [0.15, 0.2) is 134 Å². The van der Waals surface area contributed by atoms with Crippen molar-refractivity contribution in [2.45, 2.75) is 0 Å². The van der Waals surface area contributed by atoms with Gasteiger partial charge in [0, 0.05) is 33.8 Å². The van der Waals surface area contributed by atoms with Crippen LogP contribution in [0.5, 0.6) is 0 Å². The number of fused-ring (bicyclic) bond motifs is 3. The Morgan fingerprint density at radius 3 is 1.97 bits per heavy atom. The van der Waals surface area contributed by atoms with Gasteiger partial charge in [0.15, 0.2) is 5.82 Å². The van der Waals surface area contributed by atoms with Crippen LogP contribution >= 0.6 is 0 Å². The lowest BCUT2D eigenvalue weighted by atomic mass is 10.1. The molecular weight excluding hydrogens is 452 g/mol. The zero-order valence-corrected chi connectivity index (χ0v) is 20.0. The Balaban J connectivity index is 1.46. The molecule has 174 valence electrons. The van der Waals surface area contributed by atoms with Gasteiger partial charge in [0.25, 0.3) is 0 Å². The number of pyridine rings is 1. The molecule has 0 bridgehead atoms. The molecule has 0 aliphatic carbocycles. The van der Waals surface area contributed by atoms with Gasteiger partial charge >= 0.3 is 0 Å². The topological polar surface area (TPSA) is 43.6 Å². The summed E-state index contributed by atoms with van der Waals surface area (Å²) in [5.74, 6) is 0.686. The predicted octanol–water partition coefficient (Wildman–Crippen LogP) is 7.97. The summed E-state index contributed by atoms with van der Waals surface area (Å²) in [5, 5.41) is 2.40. The number of hydrogen-bond acceptors (Lipinski definition) is 3. The Bertz CT molecular complexity index is 1800. The van der Waals surface area contributed by atoms with E-state index >= 15 is 0 Å². The van der Waals surface area contributed by atoms with E-state index < -0.39 is 0 Å². The van der Waals surface area contributed by atoms with E-state index in [1.54, 1.807) is 6.20 Å². The smallest absolute Gasteiger partial charge is 0.160 e. The molecule has 0 N–H and O–H groups in total. The van der Waals surface area contributed by atoms with Gasteiger partial charge in [-0.05, 0) is 48.5 Å². The van der Waals surface area contributed by atoms with Gasteiger partial charge in [-0.3, -0.25) is 4.98 Å². The number of para-hydroxylation sites is 2. The van der Waals surface area contributed by atoms with E-state index in [9.17, 15) is 0 Å². The average Bonchev–Trinajstić information content (AvgIpc) is 3.32. The summed E-state index contributed by atoms with van der Waals surface area (Å²) < 4.78 is 2.32. The van der Waals surface area contributed by atoms with Crippen molar-refractivity contribution in [3.63, 3.8) is 0 Å². The van der Waals surface area contributed by atoms with Gasteiger partial charge in [0.1, 0.15) is 0 Å². The first-order chi connectivity index (χ1) is 18.3. The van der Waals surface area contributed by atoms with Gasteiger partial charge in [0.2, 0.25) is 0 Å². The van der Waals surface area contributed by atoms with E-state index in [1.807, 2.05) is 60.7 Å². The molecule has 3 heterocycles. The lowest BCUT2D eigenvalue weighted by Gasteiger charge is -2.10. The highest BCUT2D eigenvalue weighted by atomic mass is 15.0. The van der Waals surface area contributed by atoms with E-state index in [0.717, 1.165) is 33.9 Å². The summed E-state index contributed by atoms with van der Waals surface area (Å²) in [6.07, 6.45) is 1.80. The van der Waals surface area contributed by atoms with Crippen LogP contribution in [0.2, 0.25) is 0 Å². The highest BCUT2D eigenvalue weighted by Crippen LogP contribution is 2.35. The van der Waals surface area contributed by atoms with Crippen LogP contribution in [0.25, 0.3) is 61.5 Å². The molecule has 3 aromatic heterocycles. The van der Waals surface area contributed by atoms with Crippen LogP contribution in [0.1, 0.15) is 0 Å². The van der Waals surface area contributed by atoms with Gasteiger partial charge in [-0.25, -0.2) is 9.97 Å². The maximum absolute atomic E-state index is 5.01. The van der Waals surface area contributed by atoms with Gasteiger partial charge in [-0.2, -0.15) is 0 Å². The zero-order chi connectivity index (χ0) is 24.6. The highest BCUT2D eigenvalue weighted by molar-refractivity contribution is 6.10. The molecule has 0 fully saturated rings. The Morgan fingerprint density at radius 1 is 0.459 bits per heavy atom. The van der Waals surface area contributed by atoms with E-state index in [0.29, 0.717) is 5.82 Å². The molecule has 37 heavy (non-hydrogen) atoms. The lowest BCUT2D eigenvalue weighted by Crippen LogP contribution is -1.97. The summed E-state index contributed by atoms with van der Waals surface area (Å²) in [7, 11) is 0. The lowest BCUT2D eigenvalue weighted by molar-refractivity contribution is 1.16. The third kappa shape index (κ3) is 3.76. The predicted molar refractivity (Wildman–Crippen MR) is 150 cm³/mol. The fraction of sp³-hybridized carbons (Fsp3) is 0. The van der Waals surface area contributed by atoms with Crippen LogP contribution in [0.3, 0.4) is 0 Å². The Hall–Kier alpha value is -5.09. The number of hydrogen-bond donors (Lipinski definition) is 0. The Morgan fingerprint density at radius 2 is 1.16 bits per heavy atom. The molecule has 4 nitrogen and oxygen atoms in total. The van der Waals surface area contributed by atoms with Crippen LogP contribution in [0, 0.1) is 0 Å². The third-order valence-corrected chi connectivity index (χ3v) is 6.67. The minimum atomic E-state index is 0.686. The normalized spacial score (nSPS) is 11.2. The third-order valence-electron chi connectivity index (χ3n) is 6.67. The molecule has 0 saturated carbocycles.